The van der Waals surface area contributed by atoms with Crippen LogP contribution in [0.15, 0.2) is 0 Å². The second-order valence-electron chi connectivity index (χ2n) is 3.00. The highest BCUT2D eigenvalue weighted by Crippen LogP contribution is 2.43. The van der Waals surface area contributed by atoms with Gasteiger partial charge in [-0.05, 0) is 13.0 Å². The quantitative estimate of drug-likeness (QED) is 0.629. The Morgan fingerprint density at radius 2 is 2.15 bits per heavy atom. The summed E-state index contributed by atoms with van der Waals surface area (Å²) in [7, 11) is 0.966. The molecule has 0 aromatic rings. The van der Waals surface area contributed by atoms with E-state index in [4.69, 9.17) is 0 Å². The zero-order chi connectivity index (χ0) is 10.1. The molecule has 3 nitrogen and oxygen atoms in total. The molecular formula is C7H10F3NO2. The van der Waals surface area contributed by atoms with Gasteiger partial charge in [-0.1, -0.05) is 0 Å². The Labute approximate surface area is 73.2 Å². The van der Waals surface area contributed by atoms with Crippen LogP contribution in [0.25, 0.3) is 0 Å². The number of esters is 1. The van der Waals surface area contributed by atoms with Crippen molar-refractivity contribution in [1.29, 1.82) is 0 Å². The summed E-state index contributed by atoms with van der Waals surface area (Å²) in [4.78, 5) is 11.0. The van der Waals surface area contributed by atoms with E-state index in [1.165, 1.54) is 0 Å². The third-order valence-electron chi connectivity index (χ3n) is 2.27. The van der Waals surface area contributed by atoms with Crippen molar-refractivity contribution in [1.82, 2.24) is 5.32 Å². The molecule has 0 aromatic heterocycles. The second-order valence-corrected chi connectivity index (χ2v) is 3.00. The molecule has 0 aliphatic carbocycles. The molecule has 0 amide bonds. The molecule has 1 heterocycles. The highest BCUT2D eigenvalue weighted by molar-refractivity contribution is 5.78. The molecule has 1 aliphatic rings. The van der Waals surface area contributed by atoms with Crippen LogP contribution in [0.4, 0.5) is 13.2 Å². The van der Waals surface area contributed by atoms with Crippen molar-refractivity contribution in [2.24, 2.45) is 5.41 Å². The monoisotopic (exact) mass is 197 g/mol. The minimum atomic E-state index is -4.54. The molecule has 76 valence electrons. The SMILES string of the molecule is COC(=O)C1(C(F)(F)F)CCNC1. The number of methoxy groups -OCH3 is 1. The molecule has 1 rings (SSSR count). The smallest absolute Gasteiger partial charge is 0.406 e. The molecule has 0 saturated carbocycles. The van der Waals surface area contributed by atoms with Gasteiger partial charge < -0.3 is 10.1 Å². The predicted molar refractivity (Wildman–Crippen MR) is 38.0 cm³/mol. The summed E-state index contributed by atoms with van der Waals surface area (Å²) in [6, 6.07) is 0. The lowest BCUT2D eigenvalue weighted by Crippen LogP contribution is -2.47. The maximum atomic E-state index is 12.5. The summed E-state index contributed by atoms with van der Waals surface area (Å²) in [6.45, 7) is -0.197. The molecule has 0 spiro atoms. The zero-order valence-corrected chi connectivity index (χ0v) is 7.07. The number of halogens is 3. The van der Waals surface area contributed by atoms with Crippen molar-refractivity contribution < 1.29 is 22.7 Å². The van der Waals surface area contributed by atoms with Gasteiger partial charge in [-0.25, -0.2) is 0 Å². The number of rotatable bonds is 1. The first-order valence-corrected chi connectivity index (χ1v) is 3.80. The number of carbonyl (C=O) groups is 1. The molecule has 1 fully saturated rings. The van der Waals surface area contributed by atoms with Gasteiger partial charge in [0.25, 0.3) is 0 Å². The molecule has 1 atom stereocenters. The van der Waals surface area contributed by atoms with Crippen molar-refractivity contribution in [2.45, 2.75) is 12.6 Å². The molecular weight excluding hydrogens is 187 g/mol. The van der Waals surface area contributed by atoms with Crippen molar-refractivity contribution in [3.8, 4) is 0 Å². The maximum absolute atomic E-state index is 12.5. The van der Waals surface area contributed by atoms with Crippen molar-refractivity contribution in [3.05, 3.63) is 0 Å². The Balaban J connectivity index is 2.94. The number of alkyl halides is 3. The normalized spacial score (nSPS) is 28.9. The molecule has 0 aromatic carbocycles. The maximum Gasteiger partial charge on any atom is 0.406 e. The first kappa shape index (κ1) is 10.3. The number of ether oxygens (including phenoxy) is 1. The predicted octanol–water partition coefficient (Wildman–Crippen LogP) is 0.701. The fourth-order valence-electron chi connectivity index (χ4n) is 1.42. The number of carbonyl (C=O) groups excluding carboxylic acids is 1. The first-order chi connectivity index (χ1) is 5.94. The van der Waals surface area contributed by atoms with Crippen LogP contribution in [0.2, 0.25) is 0 Å². The van der Waals surface area contributed by atoms with E-state index in [0.717, 1.165) is 7.11 Å². The van der Waals surface area contributed by atoms with Crippen LogP contribution in [0.3, 0.4) is 0 Å². The molecule has 13 heavy (non-hydrogen) atoms. The highest BCUT2D eigenvalue weighted by atomic mass is 19.4. The molecule has 6 heteroatoms. The summed E-state index contributed by atoms with van der Waals surface area (Å²) in [5.41, 5.74) is -2.33. The van der Waals surface area contributed by atoms with E-state index in [0.29, 0.717) is 0 Å². The van der Waals surface area contributed by atoms with Gasteiger partial charge in [0.2, 0.25) is 0 Å². The Morgan fingerprint density at radius 3 is 2.46 bits per heavy atom. The summed E-state index contributed by atoms with van der Waals surface area (Å²) in [5, 5.41) is 2.51. The van der Waals surface area contributed by atoms with Crippen molar-refractivity contribution >= 4 is 5.97 Å². The van der Waals surface area contributed by atoms with Gasteiger partial charge in [-0.15, -0.1) is 0 Å². The average Bonchev–Trinajstić information content (AvgIpc) is 2.50. The number of hydrogen-bond donors (Lipinski definition) is 1. The van der Waals surface area contributed by atoms with E-state index in [1.54, 1.807) is 0 Å². The van der Waals surface area contributed by atoms with E-state index in [2.05, 4.69) is 10.1 Å². The van der Waals surface area contributed by atoms with Crippen LogP contribution in [0, 0.1) is 5.41 Å². The molecule has 0 radical (unpaired) electrons. The Morgan fingerprint density at radius 1 is 1.54 bits per heavy atom. The molecule has 1 saturated heterocycles. The van der Waals surface area contributed by atoms with Gasteiger partial charge in [-0.3, -0.25) is 4.79 Å². The molecule has 1 unspecified atom stereocenters. The van der Waals surface area contributed by atoms with Crippen LogP contribution in [0.5, 0.6) is 0 Å². The van der Waals surface area contributed by atoms with Gasteiger partial charge in [0.1, 0.15) is 0 Å². The van der Waals surface area contributed by atoms with E-state index in [-0.39, 0.29) is 19.5 Å². The summed E-state index contributed by atoms with van der Waals surface area (Å²) >= 11 is 0. The third-order valence-corrected chi connectivity index (χ3v) is 2.27. The number of hydrogen-bond acceptors (Lipinski definition) is 3. The summed E-state index contributed by atoms with van der Waals surface area (Å²) in [6.07, 6.45) is -4.78. The highest BCUT2D eigenvalue weighted by Gasteiger charge is 2.62. The van der Waals surface area contributed by atoms with E-state index < -0.39 is 17.6 Å². The van der Waals surface area contributed by atoms with Gasteiger partial charge in [0, 0.05) is 6.54 Å². The second kappa shape index (κ2) is 3.17. The van der Waals surface area contributed by atoms with Gasteiger partial charge in [0.05, 0.1) is 7.11 Å². The fourth-order valence-corrected chi connectivity index (χ4v) is 1.42. The lowest BCUT2D eigenvalue weighted by Gasteiger charge is -2.27. The minimum Gasteiger partial charge on any atom is -0.468 e. The summed E-state index contributed by atoms with van der Waals surface area (Å²) < 4.78 is 41.7. The first-order valence-electron chi connectivity index (χ1n) is 3.80. The fraction of sp³-hybridized carbons (Fsp3) is 0.857. The van der Waals surface area contributed by atoms with E-state index in [9.17, 15) is 18.0 Å². The van der Waals surface area contributed by atoms with Crippen LogP contribution < -0.4 is 5.32 Å². The zero-order valence-electron chi connectivity index (χ0n) is 7.07. The topological polar surface area (TPSA) is 38.3 Å². The molecule has 1 aliphatic heterocycles. The van der Waals surface area contributed by atoms with Gasteiger partial charge >= 0.3 is 12.1 Å². The lowest BCUT2D eigenvalue weighted by atomic mass is 9.86. The Kier molecular flexibility index (Phi) is 2.51. The van der Waals surface area contributed by atoms with Crippen molar-refractivity contribution in [3.63, 3.8) is 0 Å². The largest absolute Gasteiger partial charge is 0.468 e. The van der Waals surface area contributed by atoms with E-state index in [1.807, 2.05) is 0 Å². The Hall–Kier alpha value is -0.780. The molecule has 0 bridgehead atoms. The Bertz CT molecular complexity index is 208. The average molecular weight is 197 g/mol. The minimum absolute atomic E-state index is 0.189. The van der Waals surface area contributed by atoms with Gasteiger partial charge in [-0.2, -0.15) is 13.2 Å². The van der Waals surface area contributed by atoms with E-state index >= 15 is 0 Å². The van der Waals surface area contributed by atoms with Crippen molar-refractivity contribution in [2.75, 3.05) is 20.2 Å². The number of nitrogens with one attached hydrogen (secondary N) is 1. The standard InChI is InChI=1S/C7H10F3NO2/c1-13-5(12)6(7(8,9)10)2-3-11-4-6/h11H,2-4H2,1H3. The molecule has 1 N–H and O–H groups in total. The van der Waals surface area contributed by atoms with Crippen LogP contribution in [-0.2, 0) is 9.53 Å². The lowest BCUT2D eigenvalue weighted by molar-refractivity contribution is -0.227. The van der Waals surface area contributed by atoms with Gasteiger partial charge in [0.15, 0.2) is 5.41 Å². The third kappa shape index (κ3) is 1.50. The summed E-state index contributed by atoms with van der Waals surface area (Å²) in [5.74, 6) is -1.20. The van der Waals surface area contributed by atoms with Crippen LogP contribution in [0.1, 0.15) is 6.42 Å². The van der Waals surface area contributed by atoms with Crippen LogP contribution in [-0.4, -0.2) is 32.3 Å². The van der Waals surface area contributed by atoms with Crippen LogP contribution >= 0.6 is 0 Å².